The monoisotopic (exact) mass is 268 g/mol. The Morgan fingerprint density at radius 1 is 1.39 bits per heavy atom. The molecule has 1 aromatic heterocycles. The van der Waals surface area contributed by atoms with Crippen molar-refractivity contribution in [2.24, 2.45) is 7.05 Å². The quantitative estimate of drug-likeness (QED) is 0.924. The Morgan fingerprint density at radius 2 is 2.17 bits per heavy atom. The highest BCUT2D eigenvalue weighted by atomic mass is 35.5. The maximum atomic E-state index is 13.5. The van der Waals surface area contributed by atoms with Crippen molar-refractivity contribution < 1.29 is 9.50 Å². The molecule has 1 aromatic carbocycles. The lowest BCUT2D eigenvalue weighted by Crippen LogP contribution is -2.15. The molecule has 18 heavy (non-hydrogen) atoms. The normalized spacial score (nSPS) is 12.7. The second kappa shape index (κ2) is 5.50. The van der Waals surface area contributed by atoms with Crippen molar-refractivity contribution in [1.82, 2.24) is 9.78 Å². The lowest BCUT2D eigenvalue weighted by atomic mass is 10.0. The van der Waals surface area contributed by atoms with Gasteiger partial charge in [-0.3, -0.25) is 4.68 Å². The first-order valence-corrected chi connectivity index (χ1v) is 6.03. The molecule has 96 valence electrons. The fourth-order valence-corrected chi connectivity index (χ4v) is 2.09. The van der Waals surface area contributed by atoms with Crippen molar-refractivity contribution >= 4 is 11.6 Å². The van der Waals surface area contributed by atoms with Gasteiger partial charge in [0.15, 0.2) is 0 Å². The van der Waals surface area contributed by atoms with Gasteiger partial charge in [0, 0.05) is 36.7 Å². The van der Waals surface area contributed by atoms with Crippen molar-refractivity contribution in [2.45, 2.75) is 18.9 Å². The molecule has 3 nitrogen and oxygen atoms in total. The number of nitrogens with zero attached hydrogens (tertiary/aromatic N) is 2. The van der Waals surface area contributed by atoms with E-state index >= 15 is 0 Å². The van der Waals surface area contributed by atoms with Crippen LogP contribution in [0.25, 0.3) is 0 Å². The fourth-order valence-electron chi connectivity index (χ4n) is 1.85. The first-order valence-electron chi connectivity index (χ1n) is 5.65. The molecule has 1 N–H and O–H groups in total. The van der Waals surface area contributed by atoms with Crippen molar-refractivity contribution in [3.63, 3.8) is 0 Å². The first kappa shape index (κ1) is 13.1. The molecule has 0 aliphatic rings. The zero-order chi connectivity index (χ0) is 13.1. The zero-order valence-corrected chi connectivity index (χ0v) is 10.7. The van der Waals surface area contributed by atoms with E-state index in [0.717, 1.165) is 5.69 Å². The third-order valence-electron chi connectivity index (χ3n) is 2.72. The molecule has 1 atom stereocenters. The van der Waals surface area contributed by atoms with E-state index < -0.39 is 6.10 Å². The van der Waals surface area contributed by atoms with Crippen molar-refractivity contribution in [1.29, 1.82) is 0 Å². The summed E-state index contributed by atoms with van der Waals surface area (Å²) < 4.78 is 15.2. The Balaban J connectivity index is 2.05. The number of aromatic nitrogens is 2. The number of halogens is 2. The van der Waals surface area contributed by atoms with Crippen LogP contribution >= 0.6 is 11.6 Å². The van der Waals surface area contributed by atoms with Gasteiger partial charge in [-0.1, -0.05) is 17.7 Å². The average Bonchev–Trinajstić information content (AvgIpc) is 2.69. The number of hydrogen-bond donors (Lipinski definition) is 1. The molecule has 0 saturated heterocycles. The maximum absolute atomic E-state index is 13.5. The highest BCUT2D eigenvalue weighted by molar-refractivity contribution is 6.31. The largest absolute Gasteiger partial charge is 0.392 e. The van der Waals surface area contributed by atoms with Crippen molar-refractivity contribution in [3.05, 3.63) is 52.6 Å². The maximum Gasteiger partial charge on any atom is 0.127 e. The molecule has 0 fully saturated rings. The summed E-state index contributed by atoms with van der Waals surface area (Å²) in [5.41, 5.74) is 1.13. The molecule has 2 aromatic rings. The second-order valence-electron chi connectivity index (χ2n) is 4.24. The van der Waals surface area contributed by atoms with E-state index in [1.54, 1.807) is 23.0 Å². The Bertz CT molecular complexity index is 521. The van der Waals surface area contributed by atoms with Gasteiger partial charge in [0.2, 0.25) is 0 Å². The number of aryl methyl sites for hydroxylation is 1. The molecular weight excluding hydrogens is 255 g/mol. The molecule has 0 aliphatic carbocycles. The van der Waals surface area contributed by atoms with Crippen LogP contribution in [-0.4, -0.2) is 21.0 Å². The topological polar surface area (TPSA) is 38.0 Å². The van der Waals surface area contributed by atoms with Gasteiger partial charge in [0.1, 0.15) is 5.82 Å². The van der Waals surface area contributed by atoms with E-state index in [1.165, 1.54) is 6.07 Å². The summed E-state index contributed by atoms with van der Waals surface area (Å²) in [4.78, 5) is 0. The summed E-state index contributed by atoms with van der Waals surface area (Å²) in [7, 11) is 1.81. The average molecular weight is 269 g/mol. The van der Waals surface area contributed by atoms with Crippen LogP contribution in [0.15, 0.2) is 30.5 Å². The second-order valence-corrected chi connectivity index (χ2v) is 4.65. The van der Waals surface area contributed by atoms with Crippen molar-refractivity contribution in [2.75, 3.05) is 0 Å². The van der Waals surface area contributed by atoms with Crippen LogP contribution in [0.1, 0.15) is 11.3 Å². The predicted molar refractivity (Wildman–Crippen MR) is 68.0 cm³/mol. The van der Waals surface area contributed by atoms with Crippen LogP contribution in [0, 0.1) is 5.82 Å². The molecular formula is C13H14ClFN2O. The molecule has 0 amide bonds. The van der Waals surface area contributed by atoms with Gasteiger partial charge in [0.05, 0.1) is 11.8 Å². The molecule has 0 bridgehead atoms. The van der Waals surface area contributed by atoms with E-state index in [-0.39, 0.29) is 12.2 Å². The van der Waals surface area contributed by atoms with Crippen LogP contribution in [0.4, 0.5) is 4.39 Å². The summed E-state index contributed by atoms with van der Waals surface area (Å²) in [6, 6.07) is 6.33. The third kappa shape index (κ3) is 3.09. The minimum atomic E-state index is -0.700. The lowest BCUT2D eigenvalue weighted by molar-refractivity contribution is 0.173. The first-order chi connectivity index (χ1) is 8.56. The lowest BCUT2D eigenvalue weighted by Gasteiger charge is -2.11. The number of hydrogen-bond acceptors (Lipinski definition) is 2. The van der Waals surface area contributed by atoms with Crippen molar-refractivity contribution in [3.8, 4) is 0 Å². The van der Waals surface area contributed by atoms with Gasteiger partial charge < -0.3 is 5.11 Å². The molecule has 0 spiro atoms. The molecule has 1 unspecified atom stereocenters. The van der Waals surface area contributed by atoms with E-state index in [4.69, 9.17) is 11.6 Å². The molecule has 0 radical (unpaired) electrons. The summed E-state index contributed by atoms with van der Waals surface area (Å²) in [5, 5.41) is 14.4. The van der Waals surface area contributed by atoms with Crippen LogP contribution in [-0.2, 0) is 19.9 Å². The van der Waals surface area contributed by atoms with Gasteiger partial charge in [-0.25, -0.2) is 4.39 Å². The number of aliphatic hydroxyl groups is 1. The zero-order valence-electron chi connectivity index (χ0n) is 9.98. The summed E-state index contributed by atoms with van der Waals surface area (Å²) >= 11 is 5.91. The molecule has 0 saturated carbocycles. The molecule has 5 heteroatoms. The third-order valence-corrected chi connectivity index (χ3v) is 3.07. The van der Waals surface area contributed by atoms with Gasteiger partial charge in [-0.2, -0.15) is 5.10 Å². The van der Waals surface area contributed by atoms with E-state index in [2.05, 4.69) is 5.10 Å². The van der Waals surface area contributed by atoms with Gasteiger partial charge in [0.25, 0.3) is 0 Å². The smallest absolute Gasteiger partial charge is 0.127 e. The van der Waals surface area contributed by atoms with Gasteiger partial charge >= 0.3 is 0 Å². The van der Waals surface area contributed by atoms with Crippen LogP contribution < -0.4 is 0 Å². The highest BCUT2D eigenvalue weighted by Crippen LogP contribution is 2.21. The summed E-state index contributed by atoms with van der Waals surface area (Å²) in [6.07, 6.45) is 1.67. The summed E-state index contributed by atoms with van der Waals surface area (Å²) in [6.45, 7) is 0. The van der Waals surface area contributed by atoms with Crippen LogP contribution in [0.5, 0.6) is 0 Å². The van der Waals surface area contributed by atoms with Crippen LogP contribution in [0.3, 0.4) is 0 Å². The molecule has 0 aliphatic heterocycles. The predicted octanol–water partition coefficient (Wildman–Crippen LogP) is 2.36. The molecule has 1 heterocycles. The van der Waals surface area contributed by atoms with E-state index in [9.17, 15) is 9.50 Å². The Hall–Kier alpha value is -1.39. The minimum Gasteiger partial charge on any atom is -0.392 e. The SMILES string of the molecule is Cn1ccc(CC(O)Cc2c(F)cccc2Cl)n1. The number of aliphatic hydroxyl groups excluding tert-OH is 1. The Kier molecular flexibility index (Phi) is 3.99. The Morgan fingerprint density at radius 3 is 2.78 bits per heavy atom. The standard InChI is InChI=1S/C13H14ClFN2O/c1-17-6-5-9(16-17)7-10(18)8-11-12(14)3-2-4-13(11)15/h2-6,10,18H,7-8H2,1H3. The fraction of sp³-hybridized carbons (Fsp3) is 0.308. The number of benzene rings is 1. The molecule has 2 rings (SSSR count). The summed E-state index contributed by atoms with van der Waals surface area (Å²) in [5.74, 6) is -0.387. The number of rotatable bonds is 4. The van der Waals surface area contributed by atoms with Gasteiger partial charge in [-0.15, -0.1) is 0 Å². The highest BCUT2D eigenvalue weighted by Gasteiger charge is 2.14. The van der Waals surface area contributed by atoms with E-state index in [0.29, 0.717) is 17.0 Å². The van der Waals surface area contributed by atoms with E-state index in [1.807, 2.05) is 13.1 Å². The van der Waals surface area contributed by atoms with Crippen LogP contribution in [0.2, 0.25) is 5.02 Å². The minimum absolute atomic E-state index is 0.183. The Labute approximate surface area is 110 Å². The van der Waals surface area contributed by atoms with Gasteiger partial charge in [-0.05, 0) is 18.2 Å².